The van der Waals surface area contributed by atoms with Gasteiger partial charge in [0.15, 0.2) is 0 Å². The predicted octanol–water partition coefficient (Wildman–Crippen LogP) is 4.63. The molecule has 0 unspecified atom stereocenters. The molecule has 1 fully saturated rings. The zero-order valence-electron chi connectivity index (χ0n) is 12.9. The summed E-state index contributed by atoms with van der Waals surface area (Å²) >= 11 is 1.62. The van der Waals surface area contributed by atoms with Gasteiger partial charge in [0, 0.05) is 11.4 Å². The fourth-order valence-corrected chi connectivity index (χ4v) is 3.88. The Morgan fingerprint density at radius 3 is 2.64 bits per heavy atom. The van der Waals surface area contributed by atoms with Gasteiger partial charge in [-0.3, -0.25) is 4.79 Å². The minimum atomic E-state index is 0.156. The number of nitrogens with one attached hydrogen (secondary N) is 1. The Bertz CT molecular complexity index is 634. The summed E-state index contributed by atoms with van der Waals surface area (Å²) in [5.74, 6) is 1.36. The predicted molar refractivity (Wildman–Crippen MR) is 94.3 cm³/mol. The van der Waals surface area contributed by atoms with Gasteiger partial charge in [-0.2, -0.15) is 0 Å². The van der Waals surface area contributed by atoms with E-state index in [0.29, 0.717) is 11.7 Å². The van der Waals surface area contributed by atoms with E-state index in [1.54, 1.807) is 11.8 Å². The van der Waals surface area contributed by atoms with Crippen molar-refractivity contribution in [1.82, 2.24) is 5.32 Å². The van der Waals surface area contributed by atoms with E-state index in [-0.39, 0.29) is 5.91 Å². The molecule has 0 saturated heterocycles. The van der Waals surface area contributed by atoms with Crippen LogP contribution >= 0.6 is 11.8 Å². The molecule has 22 heavy (non-hydrogen) atoms. The quantitative estimate of drug-likeness (QED) is 0.816. The Balaban J connectivity index is 1.47. The highest BCUT2D eigenvalue weighted by Gasteiger charge is 2.14. The summed E-state index contributed by atoms with van der Waals surface area (Å²) in [7, 11) is 0. The molecule has 1 N–H and O–H groups in total. The summed E-state index contributed by atoms with van der Waals surface area (Å²) in [6.45, 7) is 0.858. The molecular weight excluding hydrogens is 290 g/mol. The average molecular weight is 313 g/mol. The number of hydrogen-bond donors (Lipinski definition) is 1. The molecule has 1 saturated carbocycles. The van der Waals surface area contributed by atoms with Crippen LogP contribution in [-0.4, -0.2) is 18.2 Å². The molecule has 0 spiro atoms. The molecule has 0 radical (unpaired) electrons. The molecule has 3 rings (SSSR count). The summed E-state index contributed by atoms with van der Waals surface area (Å²) in [6.07, 6.45) is 6.57. The lowest BCUT2D eigenvalue weighted by Gasteiger charge is -2.21. The molecule has 0 bridgehead atoms. The first-order valence-corrected chi connectivity index (χ1v) is 9.18. The molecule has 0 heterocycles. The molecule has 2 nitrogen and oxygen atoms in total. The molecule has 2 aromatic carbocycles. The van der Waals surface area contributed by atoms with E-state index in [9.17, 15) is 4.79 Å². The zero-order valence-corrected chi connectivity index (χ0v) is 13.7. The van der Waals surface area contributed by atoms with Gasteiger partial charge < -0.3 is 5.32 Å². The molecule has 116 valence electrons. The van der Waals surface area contributed by atoms with Crippen molar-refractivity contribution in [3.05, 3.63) is 42.5 Å². The van der Waals surface area contributed by atoms with Crippen LogP contribution in [0.25, 0.3) is 10.8 Å². The Morgan fingerprint density at radius 2 is 1.82 bits per heavy atom. The van der Waals surface area contributed by atoms with Crippen molar-refractivity contribution in [3.8, 4) is 0 Å². The van der Waals surface area contributed by atoms with E-state index < -0.39 is 0 Å². The van der Waals surface area contributed by atoms with Crippen LogP contribution in [0.15, 0.2) is 47.4 Å². The molecule has 0 aromatic heterocycles. The first-order valence-electron chi connectivity index (χ1n) is 8.19. The third-order valence-corrected chi connectivity index (χ3v) is 5.40. The number of fused-ring (bicyclic) bond motifs is 1. The number of benzene rings is 2. The third-order valence-electron chi connectivity index (χ3n) is 4.40. The van der Waals surface area contributed by atoms with Crippen LogP contribution < -0.4 is 5.32 Å². The van der Waals surface area contributed by atoms with E-state index in [4.69, 9.17) is 0 Å². The molecular formula is C19H23NOS. The van der Waals surface area contributed by atoms with Crippen LogP contribution in [0, 0.1) is 5.92 Å². The highest BCUT2D eigenvalue weighted by atomic mass is 32.2. The van der Waals surface area contributed by atoms with Gasteiger partial charge in [-0.05, 0) is 41.7 Å². The van der Waals surface area contributed by atoms with Crippen LogP contribution in [0.2, 0.25) is 0 Å². The van der Waals surface area contributed by atoms with Crippen molar-refractivity contribution in [2.24, 2.45) is 5.92 Å². The average Bonchev–Trinajstić information content (AvgIpc) is 2.59. The Hall–Kier alpha value is -1.48. The zero-order chi connectivity index (χ0) is 15.2. The number of carbonyl (C=O) groups is 1. The Morgan fingerprint density at radius 1 is 1.05 bits per heavy atom. The first-order chi connectivity index (χ1) is 10.8. The van der Waals surface area contributed by atoms with Gasteiger partial charge in [0.2, 0.25) is 5.91 Å². The standard InChI is InChI=1S/C19H23NOS/c21-19(20-13-15-6-2-1-3-7-15)14-22-18-11-10-16-8-4-5-9-17(16)12-18/h4-5,8-12,15H,1-3,6-7,13-14H2,(H,20,21). The van der Waals surface area contributed by atoms with Gasteiger partial charge in [-0.25, -0.2) is 0 Å². The van der Waals surface area contributed by atoms with Crippen molar-refractivity contribution in [3.63, 3.8) is 0 Å². The molecule has 1 amide bonds. The summed E-state index contributed by atoms with van der Waals surface area (Å²) in [6, 6.07) is 14.7. The van der Waals surface area contributed by atoms with Crippen molar-refractivity contribution < 1.29 is 4.79 Å². The van der Waals surface area contributed by atoms with E-state index in [1.807, 2.05) is 12.1 Å². The smallest absolute Gasteiger partial charge is 0.230 e. The van der Waals surface area contributed by atoms with Crippen LogP contribution in [0.5, 0.6) is 0 Å². The van der Waals surface area contributed by atoms with E-state index in [0.717, 1.165) is 11.4 Å². The fourth-order valence-electron chi connectivity index (χ4n) is 3.11. The number of carbonyl (C=O) groups excluding carboxylic acids is 1. The number of thioether (sulfide) groups is 1. The van der Waals surface area contributed by atoms with Gasteiger partial charge >= 0.3 is 0 Å². The molecule has 1 aliphatic rings. The topological polar surface area (TPSA) is 29.1 Å². The van der Waals surface area contributed by atoms with Crippen LogP contribution in [0.3, 0.4) is 0 Å². The SMILES string of the molecule is O=C(CSc1ccc2ccccc2c1)NCC1CCCCC1. The summed E-state index contributed by atoms with van der Waals surface area (Å²) < 4.78 is 0. The van der Waals surface area contributed by atoms with Gasteiger partial charge in [0.1, 0.15) is 0 Å². The second kappa shape index (κ2) is 7.68. The molecule has 3 heteroatoms. The minimum Gasteiger partial charge on any atom is -0.355 e. The number of amides is 1. The molecule has 0 atom stereocenters. The highest BCUT2D eigenvalue weighted by molar-refractivity contribution is 8.00. The maximum Gasteiger partial charge on any atom is 0.230 e. The summed E-state index contributed by atoms with van der Waals surface area (Å²) in [5.41, 5.74) is 0. The fraction of sp³-hybridized carbons (Fsp3) is 0.421. The lowest BCUT2D eigenvalue weighted by atomic mass is 9.89. The van der Waals surface area contributed by atoms with Gasteiger partial charge in [0.05, 0.1) is 5.75 Å². The molecule has 1 aliphatic carbocycles. The summed E-state index contributed by atoms with van der Waals surface area (Å²) in [5, 5.41) is 5.58. The highest BCUT2D eigenvalue weighted by Crippen LogP contribution is 2.24. The van der Waals surface area contributed by atoms with Crippen LogP contribution in [0.1, 0.15) is 32.1 Å². The van der Waals surface area contributed by atoms with Crippen molar-refractivity contribution in [2.45, 2.75) is 37.0 Å². The van der Waals surface area contributed by atoms with Crippen LogP contribution in [-0.2, 0) is 4.79 Å². The largest absolute Gasteiger partial charge is 0.355 e. The Labute approximate surface area is 136 Å². The second-order valence-corrected chi connectivity index (χ2v) is 7.15. The maximum absolute atomic E-state index is 12.0. The molecule has 0 aliphatic heterocycles. The Kier molecular flexibility index (Phi) is 5.38. The summed E-state index contributed by atoms with van der Waals surface area (Å²) in [4.78, 5) is 13.1. The van der Waals surface area contributed by atoms with Gasteiger partial charge in [-0.15, -0.1) is 11.8 Å². The van der Waals surface area contributed by atoms with Crippen LogP contribution in [0.4, 0.5) is 0 Å². The van der Waals surface area contributed by atoms with E-state index in [1.165, 1.54) is 42.9 Å². The third kappa shape index (κ3) is 4.26. The first kappa shape index (κ1) is 15.4. The lowest BCUT2D eigenvalue weighted by Crippen LogP contribution is -2.31. The second-order valence-electron chi connectivity index (χ2n) is 6.11. The number of hydrogen-bond acceptors (Lipinski definition) is 2. The minimum absolute atomic E-state index is 0.156. The lowest BCUT2D eigenvalue weighted by molar-refractivity contribution is -0.118. The van der Waals surface area contributed by atoms with Crippen molar-refractivity contribution >= 4 is 28.4 Å². The van der Waals surface area contributed by atoms with E-state index in [2.05, 4.69) is 35.6 Å². The maximum atomic E-state index is 12.0. The van der Waals surface area contributed by atoms with Gasteiger partial charge in [-0.1, -0.05) is 49.6 Å². The van der Waals surface area contributed by atoms with E-state index >= 15 is 0 Å². The van der Waals surface area contributed by atoms with Crippen molar-refractivity contribution in [1.29, 1.82) is 0 Å². The van der Waals surface area contributed by atoms with Gasteiger partial charge in [0.25, 0.3) is 0 Å². The monoisotopic (exact) mass is 313 g/mol. The normalized spacial score (nSPS) is 15.8. The van der Waals surface area contributed by atoms with Crippen molar-refractivity contribution in [2.75, 3.05) is 12.3 Å². The molecule has 2 aromatic rings. The number of rotatable bonds is 5.